The number of fused-ring (bicyclic) bond motifs is 2. The molecule has 2 aliphatic rings. The number of hydrogen-bond donors (Lipinski definition) is 1. The molecule has 4 aromatic rings. The van der Waals surface area contributed by atoms with Crippen molar-refractivity contribution in [2.24, 2.45) is 0 Å². The molecule has 6 rings (SSSR count). The van der Waals surface area contributed by atoms with Crippen LogP contribution in [0.5, 0.6) is 11.5 Å². The van der Waals surface area contributed by atoms with E-state index >= 15 is 0 Å². The Morgan fingerprint density at radius 1 is 1.00 bits per heavy atom. The number of aromatic nitrogens is 2. The Morgan fingerprint density at radius 3 is 2.37 bits per heavy atom. The average Bonchev–Trinajstić information content (AvgIpc) is 3.58. The van der Waals surface area contributed by atoms with E-state index in [9.17, 15) is 18.4 Å². The molecule has 1 atom stereocenters. The highest BCUT2D eigenvalue weighted by Gasteiger charge is 2.40. The van der Waals surface area contributed by atoms with Crippen molar-refractivity contribution in [2.45, 2.75) is 38.0 Å². The van der Waals surface area contributed by atoms with Gasteiger partial charge >= 0.3 is 0 Å². The van der Waals surface area contributed by atoms with Gasteiger partial charge in [0.15, 0.2) is 11.5 Å². The maximum atomic E-state index is 14.0. The molecule has 1 aromatic heterocycles. The van der Waals surface area contributed by atoms with Crippen molar-refractivity contribution in [2.75, 3.05) is 24.0 Å². The van der Waals surface area contributed by atoms with E-state index in [-0.39, 0.29) is 48.5 Å². The molecule has 2 aliphatic heterocycles. The Morgan fingerprint density at radius 2 is 1.67 bits per heavy atom. The Kier molecular flexibility index (Phi) is 7.59. The van der Waals surface area contributed by atoms with E-state index in [1.807, 2.05) is 39.0 Å². The predicted molar refractivity (Wildman–Crippen MR) is 160 cm³/mol. The molecule has 0 saturated heterocycles. The molecule has 0 spiro atoms. The van der Waals surface area contributed by atoms with Crippen LogP contribution in [0.2, 0.25) is 0 Å². The van der Waals surface area contributed by atoms with Crippen molar-refractivity contribution in [3.05, 3.63) is 101 Å². The SMILES string of the molecule is CC(C)(C)c1nn(-c2ccc(F)cc2)c2c1[C@H](c1ccc3c(c1)OCO3)SCC(=O)N2CC(=O)NCc1ccc(F)cc1. The van der Waals surface area contributed by atoms with Crippen molar-refractivity contribution in [1.29, 1.82) is 0 Å². The second-order valence-electron chi connectivity index (χ2n) is 11.4. The van der Waals surface area contributed by atoms with Crippen LogP contribution in [0.15, 0.2) is 66.7 Å². The summed E-state index contributed by atoms with van der Waals surface area (Å²) in [6, 6.07) is 17.4. The summed E-state index contributed by atoms with van der Waals surface area (Å²) in [6.07, 6.45) is 0. The molecule has 0 radical (unpaired) electrons. The van der Waals surface area contributed by atoms with Crippen molar-refractivity contribution in [3.8, 4) is 17.2 Å². The van der Waals surface area contributed by atoms with Crippen LogP contribution in [-0.4, -0.2) is 40.7 Å². The van der Waals surface area contributed by atoms with E-state index in [1.54, 1.807) is 28.9 Å². The second kappa shape index (κ2) is 11.4. The minimum absolute atomic E-state index is 0.103. The van der Waals surface area contributed by atoms with Crippen LogP contribution in [0.3, 0.4) is 0 Å². The topological polar surface area (TPSA) is 85.7 Å². The van der Waals surface area contributed by atoms with E-state index in [2.05, 4.69) is 5.32 Å². The van der Waals surface area contributed by atoms with Gasteiger partial charge in [0.05, 0.1) is 22.4 Å². The van der Waals surface area contributed by atoms with Crippen LogP contribution in [0.25, 0.3) is 5.69 Å². The first-order valence-corrected chi connectivity index (χ1v) is 14.9. The number of anilines is 1. The van der Waals surface area contributed by atoms with E-state index in [1.165, 1.54) is 40.9 Å². The molecule has 0 unspecified atom stereocenters. The number of halogens is 2. The fourth-order valence-electron chi connectivity index (χ4n) is 5.18. The van der Waals surface area contributed by atoms with Crippen LogP contribution < -0.4 is 19.7 Å². The van der Waals surface area contributed by atoms with Crippen LogP contribution in [0, 0.1) is 11.6 Å². The van der Waals surface area contributed by atoms with Gasteiger partial charge in [-0.3, -0.25) is 14.5 Å². The smallest absolute Gasteiger partial charge is 0.240 e. The number of amides is 2. The molecule has 0 saturated carbocycles. The van der Waals surface area contributed by atoms with Gasteiger partial charge in [0.25, 0.3) is 0 Å². The summed E-state index contributed by atoms with van der Waals surface area (Å²) in [6.45, 7) is 6.16. The first kappa shape index (κ1) is 28.7. The molecule has 3 heterocycles. The second-order valence-corrected chi connectivity index (χ2v) is 12.5. The van der Waals surface area contributed by atoms with Crippen LogP contribution in [0.1, 0.15) is 48.4 Å². The Balaban J connectivity index is 1.46. The van der Waals surface area contributed by atoms with Crippen LogP contribution >= 0.6 is 11.8 Å². The van der Waals surface area contributed by atoms with Crippen LogP contribution in [-0.2, 0) is 21.5 Å². The van der Waals surface area contributed by atoms with Gasteiger partial charge in [0.2, 0.25) is 18.6 Å². The highest BCUT2D eigenvalue weighted by atomic mass is 32.2. The number of carbonyl (C=O) groups is 2. The number of nitrogens with one attached hydrogen (secondary N) is 1. The lowest BCUT2D eigenvalue weighted by Crippen LogP contribution is -2.42. The van der Waals surface area contributed by atoms with Gasteiger partial charge in [-0.25, -0.2) is 13.5 Å². The molecule has 0 fully saturated rings. The summed E-state index contributed by atoms with van der Waals surface area (Å²) in [4.78, 5) is 28.6. The van der Waals surface area contributed by atoms with Gasteiger partial charge in [-0.05, 0) is 59.7 Å². The molecule has 222 valence electrons. The third kappa shape index (κ3) is 5.81. The van der Waals surface area contributed by atoms with Crippen LogP contribution in [0.4, 0.5) is 14.6 Å². The number of thioether (sulfide) groups is 1. The highest BCUT2D eigenvalue weighted by Crippen LogP contribution is 2.49. The molecular formula is C32H30F2N4O4S. The number of carbonyl (C=O) groups excluding carboxylic acids is 2. The minimum atomic E-state index is -0.450. The average molecular weight is 605 g/mol. The molecule has 0 aliphatic carbocycles. The lowest BCUT2D eigenvalue weighted by Gasteiger charge is -2.24. The highest BCUT2D eigenvalue weighted by molar-refractivity contribution is 8.00. The summed E-state index contributed by atoms with van der Waals surface area (Å²) in [7, 11) is 0. The maximum Gasteiger partial charge on any atom is 0.240 e. The first-order chi connectivity index (χ1) is 20.6. The lowest BCUT2D eigenvalue weighted by atomic mass is 9.87. The maximum absolute atomic E-state index is 14.0. The summed E-state index contributed by atoms with van der Waals surface area (Å²) >= 11 is 1.45. The van der Waals surface area contributed by atoms with Gasteiger partial charge < -0.3 is 14.8 Å². The van der Waals surface area contributed by atoms with Crippen molar-refractivity contribution < 1.29 is 27.8 Å². The van der Waals surface area contributed by atoms with E-state index < -0.39 is 11.2 Å². The summed E-state index contributed by atoms with van der Waals surface area (Å²) < 4.78 is 40.1. The summed E-state index contributed by atoms with van der Waals surface area (Å²) in [5, 5.41) is 7.52. The number of benzene rings is 3. The van der Waals surface area contributed by atoms with E-state index in [4.69, 9.17) is 14.6 Å². The van der Waals surface area contributed by atoms with Gasteiger partial charge in [-0.15, -0.1) is 11.8 Å². The monoisotopic (exact) mass is 604 g/mol. The fourth-order valence-corrected chi connectivity index (χ4v) is 6.37. The summed E-state index contributed by atoms with van der Waals surface area (Å²) in [5.41, 5.74) is 3.26. The normalized spacial score (nSPS) is 16.2. The third-order valence-corrected chi connectivity index (χ3v) is 8.53. The quantitative estimate of drug-likeness (QED) is 0.306. The molecule has 3 aromatic carbocycles. The molecule has 43 heavy (non-hydrogen) atoms. The first-order valence-electron chi connectivity index (χ1n) is 13.8. The molecule has 1 N–H and O–H groups in total. The summed E-state index contributed by atoms with van der Waals surface area (Å²) in [5.74, 6) is 0.398. The zero-order valence-electron chi connectivity index (χ0n) is 23.9. The zero-order valence-corrected chi connectivity index (χ0v) is 24.7. The molecular weight excluding hydrogens is 574 g/mol. The third-order valence-electron chi connectivity index (χ3n) is 7.27. The number of rotatable bonds is 6. The Bertz CT molecular complexity index is 1680. The van der Waals surface area contributed by atoms with Gasteiger partial charge in [-0.1, -0.05) is 39.0 Å². The minimum Gasteiger partial charge on any atom is -0.454 e. The predicted octanol–water partition coefficient (Wildman–Crippen LogP) is 5.66. The Hall–Kier alpha value is -4.38. The Labute approximate surface area is 252 Å². The molecule has 8 nitrogen and oxygen atoms in total. The lowest BCUT2D eigenvalue weighted by molar-refractivity contribution is -0.123. The standard InChI is InChI=1S/C32H30F2N4O4S/c1-32(2,3)30-28-29(20-6-13-24-25(14-20)42-18-41-24)43-17-27(40)37(16-26(39)35-15-19-4-7-21(33)8-5-19)31(28)38(36-30)23-11-9-22(34)10-12-23/h4-14,29H,15-18H2,1-3H3,(H,35,39)/t29-/m0/s1. The van der Waals surface area contributed by atoms with Gasteiger partial charge in [0, 0.05) is 17.5 Å². The van der Waals surface area contributed by atoms with E-state index in [0.717, 1.165) is 22.4 Å². The van der Waals surface area contributed by atoms with Gasteiger partial charge in [0.1, 0.15) is 24.0 Å². The number of hydrogen-bond acceptors (Lipinski definition) is 6. The van der Waals surface area contributed by atoms with Crippen molar-refractivity contribution >= 4 is 29.4 Å². The largest absolute Gasteiger partial charge is 0.454 e. The molecule has 0 bridgehead atoms. The number of ether oxygens (including phenoxy) is 2. The van der Waals surface area contributed by atoms with Crippen molar-refractivity contribution in [3.63, 3.8) is 0 Å². The zero-order chi connectivity index (χ0) is 30.3. The number of nitrogens with zero attached hydrogens (tertiary/aromatic N) is 3. The molecule has 2 amide bonds. The fraction of sp³-hybridized carbons (Fsp3) is 0.281. The van der Waals surface area contributed by atoms with Crippen molar-refractivity contribution in [1.82, 2.24) is 15.1 Å². The molecule has 11 heteroatoms. The van der Waals surface area contributed by atoms with E-state index in [0.29, 0.717) is 23.0 Å². The van der Waals surface area contributed by atoms with Gasteiger partial charge in [-0.2, -0.15) is 5.10 Å².